The van der Waals surface area contributed by atoms with Gasteiger partial charge >= 0.3 is 0 Å². The minimum atomic E-state index is 0.169. The van der Waals surface area contributed by atoms with Crippen molar-refractivity contribution < 1.29 is 9.57 Å². The molecule has 0 amide bonds. The molecule has 98 valence electrons. The summed E-state index contributed by atoms with van der Waals surface area (Å²) in [6, 6.07) is 4.75. The van der Waals surface area contributed by atoms with Crippen molar-refractivity contribution in [2.45, 2.75) is 51.2 Å². The SMILES string of the molecule is CCC1Oc2cc3c(cc2C1NOC)CCCC3. The molecule has 0 aromatic heterocycles. The predicted molar refractivity (Wildman–Crippen MR) is 70.7 cm³/mol. The van der Waals surface area contributed by atoms with E-state index < -0.39 is 0 Å². The number of fused-ring (bicyclic) bond motifs is 2. The largest absolute Gasteiger partial charge is 0.488 e. The van der Waals surface area contributed by atoms with Gasteiger partial charge in [-0.25, -0.2) is 0 Å². The van der Waals surface area contributed by atoms with Crippen LogP contribution in [0.15, 0.2) is 12.1 Å². The van der Waals surface area contributed by atoms with Crippen molar-refractivity contribution in [3.63, 3.8) is 0 Å². The van der Waals surface area contributed by atoms with Gasteiger partial charge in [-0.05, 0) is 49.3 Å². The van der Waals surface area contributed by atoms with E-state index in [1.807, 2.05) is 0 Å². The molecular formula is C15H21NO2. The first-order chi connectivity index (χ1) is 8.83. The van der Waals surface area contributed by atoms with Crippen LogP contribution in [0.5, 0.6) is 5.75 Å². The fourth-order valence-corrected chi connectivity index (χ4v) is 3.14. The summed E-state index contributed by atoms with van der Waals surface area (Å²) in [5.41, 5.74) is 7.33. The van der Waals surface area contributed by atoms with E-state index in [0.717, 1.165) is 12.2 Å². The molecule has 3 heteroatoms. The Morgan fingerprint density at radius 1 is 1.28 bits per heavy atom. The molecule has 1 aromatic carbocycles. The first-order valence-electron chi connectivity index (χ1n) is 6.94. The molecule has 0 fully saturated rings. The average molecular weight is 247 g/mol. The molecule has 1 N–H and O–H groups in total. The number of hydroxylamine groups is 1. The van der Waals surface area contributed by atoms with Crippen LogP contribution in [0.3, 0.4) is 0 Å². The molecule has 3 nitrogen and oxygen atoms in total. The second kappa shape index (κ2) is 4.90. The number of aryl methyl sites for hydroxylation is 2. The number of hydrogen-bond donors (Lipinski definition) is 1. The highest BCUT2D eigenvalue weighted by Gasteiger charge is 2.34. The highest BCUT2D eigenvalue weighted by atomic mass is 16.6. The van der Waals surface area contributed by atoms with Gasteiger partial charge in [-0.15, -0.1) is 0 Å². The van der Waals surface area contributed by atoms with Crippen molar-refractivity contribution in [2.24, 2.45) is 0 Å². The van der Waals surface area contributed by atoms with E-state index in [2.05, 4.69) is 24.5 Å². The van der Waals surface area contributed by atoms with Crippen LogP contribution in [0.1, 0.15) is 48.9 Å². The molecule has 3 rings (SSSR count). The number of benzene rings is 1. The summed E-state index contributed by atoms with van der Waals surface area (Å²) in [7, 11) is 1.67. The van der Waals surface area contributed by atoms with Gasteiger partial charge in [0.05, 0.1) is 13.2 Å². The Bertz CT molecular complexity index is 444. The lowest BCUT2D eigenvalue weighted by Crippen LogP contribution is -2.29. The van der Waals surface area contributed by atoms with Crippen molar-refractivity contribution in [1.82, 2.24) is 5.48 Å². The molecule has 0 radical (unpaired) electrons. The van der Waals surface area contributed by atoms with Gasteiger partial charge < -0.3 is 9.57 Å². The van der Waals surface area contributed by atoms with E-state index in [9.17, 15) is 0 Å². The third kappa shape index (κ3) is 1.91. The molecule has 18 heavy (non-hydrogen) atoms. The van der Waals surface area contributed by atoms with Crippen LogP contribution in [-0.4, -0.2) is 13.2 Å². The number of hydrogen-bond acceptors (Lipinski definition) is 3. The van der Waals surface area contributed by atoms with Crippen molar-refractivity contribution in [3.05, 3.63) is 28.8 Å². The first kappa shape index (κ1) is 12.0. The molecular weight excluding hydrogens is 226 g/mol. The molecule has 1 heterocycles. The van der Waals surface area contributed by atoms with Gasteiger partial charge in [-0.1, -0.05) is 13.0 Å². The van der Waals surface area contributed by atoms with Gasteiger partial charge in [0.1, 0.15) is 11.9 Å². The molecule has 0 saturated carbocycles. The Morgan fingerprint density at radius 3 is 2.67 bits per heavy atom. The van der Waals surface area contributed by atoms with Gasteiger partial charge in [0.15, 0.2) is 0 Å². The summed E-state index contributed by atoms with van der Waals surface area (Å²) in [6.45, 7) is 2.15. The smallest absolute Gasteiger partial charge is 0.125 e. The zero-order valence-electron chi connectivity index (χ0n) is 11.2. The maximum atomic E-state index is 6.04. The molecule has 2 aliphatic rings. The van der Waals surface area contributed by atoms with Gasteiger partial charge in [0.2, 0.25) is 0 Å². The number of ether oxygens (including phenoxy) is 1. The maximum absolute atomic E-state index is 6.04. The zero-order chi connectivity index (χ0) is 12.5. The van der Waals surface area contributed by atoms with Crippen LogP contribution in [0.25, 0.3) is 0 Å². The molecule has 0 bridgehead atoms. The summed E-state index contributed by atoms with van der Waals surface area (Å²) in [5.74, 6) is 1.05. The van der Waals surface area contributed by atoms with Gasteiger partial charge in [0, 0.05) is 5.56 Å². The monoisotopic (exact) mass is 247 g/mol. The minimum absolute atomic E-state index is 0.169. The fraction of sp³-hybridized carbons (Fsp3) is 0.600. The average Bonchev–Trinajstić information content (AvgIpc) is 2.74. The normalized spacial score (nSPS) is 25.4. The first-order valence-corrected chi connectivity index (χ1v) is 6.94. The number of rotatable bonds is 3. The molecule has 2 atom stereocenters. The second-order valence-electron chi connectivity index (χ2n) is 5.23. The van der Waals surface area contributed by atoms with Gasteiger partial charge in [0.25, 0.3) is 0 Å². The standard InChI is InChI=1S/C15H21NO2/c1-3-13-15(16-17-2)12-8-10-6-4-5-7-11(10)9-14(12)18-13/h8-9,13,15-16H,3-7H2,1-2H3. The lowest BCUT2D eigenvalue weighted by atomic mass is 9.88. The van der Waals surface area contributed by atoms with E-state index in [-0.39, 0.29) is 12.1 Å². The Hall–Kier alpha value is -1.06. The Labute approximate surface area is 108 Å². The fourth-order valence-electron chi connectivity index (χ4n) is 3.14. The second-order valence-corrected chi connectivity index (χ2v) is 5.23. The van der Waals surface area contributed by atoms with Crippen molar-refractivity contribution in [3.8, 4) is 5.75 Å². The molecule has 1 aliphatic carbocycles. The van der Waals surface area contributed by atoms with E-state index >= 15 is 0 Å². The van der Waals surface area contributed by atoms with Gasteiger partial charge in [-0.2, -0.15) is 5.48 Å². The highest BCUT2D eigenvalue weighted by Crippen LogP contribution is 2.41. The molecule has 2 unspecified atom stereocenters. The lowest BCUT2D eigenvalue weighted by molar-refractivity contribution is 0.0283. The van der Waals surface area contributed by atoms with Crippen molar-refractivity contribution in [1.29, 1.82) is 0 Å². The van der Waals surface area contributed by atoms with E-state index in [1.54, 1.807) is 7.11 Å². The van der Waals surface area contributed by atoms with Crippen molar-refractivity contribution in [2.75, 3.05) is 7.11 Å². The Kier molecular flexibility index (Phi) is 3.27. The third-order valence-electron chi connectivity index (χ3n) is 4.11. The van der Waals surface area contributed by atoms with E-state index in [1.165, 1.54) is 42.4 Å². The quantitative estimate of drug-likeness (QED) is 0.833. The van der Waals surface area contributed by atoms with Crippen LogP contribution in [0, 0.1) is 0 Å². The Balaban J connectivity index is 1.98. The van der Waals surface area contributed by atoms with E-state index in [0.29, 0.717) is 0 Å². The van der Waals surface area contributed by atoms with E-state index in [4.69, 9.17) is 9.57 Å². The third-order valence-corrected chi connectivity index (χ3v) is 4.11. The summed E-state index contributed by atoms with van der Waals surface area (Å²) in [4.78, 5) is 5.13. The summed E-state index contributed by atoms with van der Waals surface area (Å²) < 4.78 is 6.04. The van der Waals surface area contributed by atoms with Crippen LogP contribution >= 0.6 is 0 Å². The maximum Gasteiger partial charge on any atom is 0.125 e. The summed E-state index contributed by atoms with van der Waals surface area (Å²) >= 11 is 0. The predicted octanol–water partition coefficient (Wildman–Crippen LogP) is 2.93. The highest BCUT2D eigenvalue weighted by molar-refractivity contribution is 5.48. The molecule has 1 aromatic rings. The van der Waals surface area contributed by atoms with Crippen LogP contribution < -0.4 is 10.2 Å². The lowest BCUT2D eigenvalue weighted by Gasteiger charge is -2.18. The molecule has 1 aliphatic heterocycles. The molecule has 0 saturated heterocycles. The van der Waals surface area contributed by atoms with Crippen LogP contribution in [0.4, 0.5) is 0 Å². The Morgan fingerprint density at radius 2 is 2.00 bits per heavy atom. The van der Waals surface area contributed by atoms with Gasteiger partial charge in [-0.3, -0.25) is 0 Å². The number of nitrogens with one attached hydrogen (secondary N) is 1. The molecule has 0 spiro atoms. The van der Waals surface area contributed by atoms with Crippen molar-refractivity contribution >= 4 is 0 Å². The topological polar surface area (TPSA) is 30.5 Å². The van der Waals surface area contributed by atoms with Crippen LogP contribution in [-0.2, 0) is 17.7 Å². The summed E-state index contributed by atoms with van der Waals surface area (Å²) in [5, 5.41) is 0. The van der Waals surface area contributed by atoms with Crippen LogP contribution in [0.2, 0.25) is 0 Å². The minimum Gasteiger partial charge on any atom is -0.488 e. The zero-order valence-corrected chi connectivity index (χ0v) is 11.2. The summed E-state index contributed by atoms with van der Waals surface area (Å²) in [6.07, 6.45) is 6.20.